The number of hydrogen-bond acceptors (Lipinski definition) is 5. The van der Waals surface area contributed by atoms with Crippen molar-refractivity contribution in [2.45, 2.75) is 134 Å². The molecule has 1 rings (SSSR count). The van der Waals surface area contributed by atoms with Gasteiger partial charge >= 0.3 is 0 Å². The topological polar surface area (TPSA) is 79.2 Å². The van der Waals surface area contributed by atoms with Crippen molar-refractivity contribution in [1.29, 1.82) is 0 Å². The van der Waals surface area contributed by atoms with Crippen LogP contribution in [0.25, 0.3) is 0 Å². The Bertz CT molecular complexity index is 415. The van der Waals surface area contributed by atoms with Gasteiger partial charge in [-0.25, -0.2) is 0 Å². The van der Waals surface area contributed by atoms with Crippen molar-refractivity contribution in [3.05, 3.63) is 12.2 Å². The molecule has 184 valence electrons. The van der Waals surface area contributed by atoms with Crippen LogP contribution in [-0.2, 0) is 9.47 Å². The molecule has 0 unspecified atom stereocenters. The molecule has 0 aliphatic carbocycles. The molecule has 31 heavy (non-hydrogen) atoms. The third kappa shape index (κ3) is 14.3. The number of aliphatic hydroxyl groups excluding tert-OH is 3. The quantitative estimate of drug-likeness (QED) is 0.166. The molecule has 0 aromatic heterocycles. The molecule has 0 bridgehead atoms. The summed E-state index contributed by atoms with van der Waals surface area (Å²) in [6, 6.07) is 0. The van der Waals surface area contributed by atoms with Gasteiger partial charge in [0.1, 0.15) is 24.4 Å². The Labute approximate surface area is 191 Å². The van der Waals surface area contributed by atoms with E-state index in [4.69, 9.17) is 14.6 Å². The molecule has 1 heterocycles. The highest BCUT2D eigenvalue weighted by Crippen LogP contribution is 2.21. The molecular weight excluding hydrogens is 392 g/mol. The Kier molecular flexibility index (Phi) is 18.6. The number of hydrogen-bond donors (Lipinski definition) is 3. The van der Waals surface area contributed by atoms with Gasteiger partial charge < -0.3 is 24.8 Å². The molecule has 0 amide bonds. The lowest BCUT2D eigenvalue weighted by molar-refractivity contribution is -0.0730. The van der Waals surface area contributed by atoms with Crippen LogP contribution in [0.2, 0.25) is 0 Å². The third-order valence-corrected chi connectivity index (χ3v) is 6.32. The van der Waals surface area contributed by atoms with Gasteiger partial charge in [0.15, 0.2) is 0 Å². The van der Waals surface area contributed by atoms with Crippen LogP contribution in [0.1, 0.15) is 110 Å². The maximum Gasteiger partial charge on any atom is 0.114 e. The van der Waals surface area contributed by atoms with E-state index in [-0.39, 0.29) is 6.61 Å². The Morgan fingerprint density at radius 1 is 0.839 bits per heavy atom. The summed E-state index contributed by atoms with van der Waals surface area (Å²) in [6.07, 6.45) is 22.6. The van der Waals surface area contributed by atoms with Crippen molar-refractivity contribution in [2.75, 3.05) is 19.8 Å². The highest BCUT2D eigenvalue weighted by molar-refractivity contribution is 4.88. The number of allylic oxidation sites excluding steroid dienone is 2. The van der Waals surface area contributed by atoms with Crippen molar-refractivity contribution >= 4 is 0 Å². The highest BCUT2D eigenvalue weighted by atomic mass is 16.6. The zero-order valence-corrected chi connectivity index (χ0v) is 20.1. The van der Waals surface area contributed by atoms with Gasteiger partial charge in [0, 0.05) is 6.61 Å². The van der Waals surface area contributed by atoms with Gasteiger partial charge in [-0.2, -0.15) is 0 Å². The fraction of sp³-hybridized carbons (Fsp3) is 0.923. The maximum absolute atomic E-state index is 10.1. The maximum atomic E-state index is 10.1. The van der Waals surface area contributed by atoms with Crippen LogP contribution < -0.4 is 0 Å². The standard InChI is InChI=1S/C26H50O5/c1-2-3-4-5-6-7-8-9-10-11-12-13-14-15-16-17-18-19-20-30-24-22-31-26(25(24)29)23(28)21-27/h2-3,23-29H,4-22H2,1H3/b3-2+/t23-,24+,25-,26-/m1/s1. The van der Waals surface area contributed by atoms with Crippen LogP contribution in [0.3, 0.4) is 0 Å². The first-order valence-corrected chi connectivity index (χ1v) is 13.0. The monoisotopic (exact) mass is 442 g/mol. The number of unbranched alkanes of at least 4 members (excludes halogenated alkanes) is 15. The first-order valence-electron chi connectivity index (χ1n) is 13.0. The average Bonchev–Trinajstić information content (AvgIpc) is 3.15. The van der Waals surface area contributed by atoms with E-state index in [1.54, 1.807) is 0 Å². The normalized spacial score (nSPS) is 22.5. The minimum Gasteiger partial charge on any atom is -0.394 e. The van der Waals surface area contributed by atoms with Crippen LogP contribution >= 0.6 is 0 Å². The molecular formula is C26H50O5. The first kappa shape index (κ1) is 28.6. The van der Waals surface area contributed by atoms with E-state index in [1.807, 2.05) is 0 Å². The summed E-state index contributed by atoms with van der Waals surface area (Å²) in [6.45, 7) is 2.58. The Hall–Kier alpha value is -0.460. The predicted octanol–water partition coefficient (Wildman–Crippen LogP) is 5.30. The molecule has 1 saturated heterocycles. The highest BCUT2D eigenvalue weighted by Gasteiger charge is 2.40. The summed E-state index contributed by atoms with van der Waals surface area (Å²) < 4.78 is 11.0. The van der Waals surface area contributed by atoms with Gasteiger partial charge in [-0.15, -0.1) is 0 Å². The van der Waals surface area contributed by atoms with Crippen molar-refractivity contribution < 1.29 is 24.8 Å². The van der Waals surface area contributed by atoms with Crippen molar-refractivity contribution in [3.63, 3.8) is 0 Å². The van der Waals surface area contributed by atoms with Crippen LogP contribution in [0.15, 0.2) is 12.2 Å². The van der Waals surface area contributed by atoms with E-state index < -0.39 is 31.0 Å². The van der Waals surface area contributed by atoms with E-state index in [9.17, 15) is 10.2 Å². The summed E-state index contributed by atoms with van der Waals surface area (Å²) >= 11 is 0. The van der Waals surface area contributed by atoms with E-state index in [1.165, 1.54) is 89.9 Å². The predicted molar refractivity (Wildman–Crippen MR) is 127 cm³/mol. The fourth-order valence-corrected chi connectivity index (χ4v) is 4.27. The van der Waals surface area contributed by atoms with E-state index in [0.717, 1.165) is 12.8 Å². The average molecular weight is 443 g/mol. The number of aliphatic hydroxyl groups is 3. The first-order chi connectivity index (χ1) is 15.2. The summed E-state index contributed by atoms with van der Waals surface area (Å²) in [5.74, 6) is 0. The van der Waals surface area contributed by atoms with Crippen LogP contribution in [0.5, 0.6) is 0 Å². The second-order valence-electron chi connectivity index (χ2n) is 9.11. The minimum atomic E-state index is -1.05. The molecule has 1 aliphatic heterocycles. The van der Waals surface area contributed by atoms with E-state index in [2.05, 4.69) is 19.1 Å². The summed E-state index contributed by atoms with van der Waals surface area (Å²) in [5, 5.41) is 28.6. The van der Waals surface area contributed by atoms with Gasteiger partial charge in [0.2, 0.25) is 0 Å². The van der Waals surface area contributed by atoms with E-state index in [0.29, 0.717) is 6.61 Å². The second-order valence-corrected chi connectivity index (χ2v) is 9.11. The molecule has 0 spiro atoms. The molecule has 0 aromatic rings. The number of rotatable bonds is 21. The van der Waals surface area contributed by atoms with Crippen LogP contribution in [-0.4, -0.2) is 59.6 Å². The Morgan fingerprint density at radius 2 is 1.32 bits per heavy atom. The molecule has 0 saturated carbocycles. The lowest BCUT2D eigenvalue weighted by atomic mass is 10.0. The zero-order chi connectivity index (χ0) is 22.6. The lowest BCUT2D eigenvalue weighted by Crippen LogP contribution is -2.41. The van der Waals surface area contributed by atoms with Crippen molar-refractivity contribution in [3.8, 4) is 0 Å². The second kappa shape index (κ2) is 20.2. The summed E-state index contributed by atoms with van der Waals surface area (Å²) in [4.78, 5) is 0. The zero-order valence-electron chi connectivity index (χ0n) is 20.1. The molecule has 3 N–H and O–H groups in total. The van der Waals surface area contributed by atoms with Gasteiger partial charge in [-0.1, -0.05) is 95.6 Å². The Balaban J connectivity index is 1.77. The lowest BCUT2D eigenvalue weighted by Gasteiger charge is -2.20. The fourth-order valence-electron chi connectivity index (χ4n) is 4.27. The summed E-state index contributed by atoms with van der Waals surface area (Å²) in [5.41, 5.74) is 0. The minimum absolute atomic E-state index is 0.278. The molecule has 4 atom stereocenters. The number of ether oxygens (including phenoxy) is 2. The molecule has 5 heteroatoms. The largest absolute Gasteiger partial charge is 0.394 e. The van der Waals surface area contributed by atoms with Gasteiger partial charge in [-0.3, -0.25) is 0 Å². The van der Waals surface area contributed by atoms with Crippen molar-refractivity contribution in [1.82, 2.24) is 0 Å². The van der Waals surface area contributed by atoms with Crippen LogP contribution in [0.4, 0.5) is 0 Å². The third-order valence-electron chi connectivity index (χ3n) is 6.32. The van der Waals surface area contributed by atoms with Gasteiger partial charge in [-0.05, 0) is 26.2 Å². The molecule has 5 nitrogen and oxygen atoms in total. The molecule has 0 radical (unpaired) electrons. The molecule has 1 aliphatic rings. The Morgan fingerprint density at radius 3 is 1.81 bits per heavy atom. The van der Waals surface area contributed by atoms with E-state index >= 15 is 0 Å². The SMILES string of the molecule is C/C=C/CCCCCCCCCCCCCCCCCO[C@H]1CO[C@H]([C@H](O)CO)[C@@H]1O. The smallest absolute Gasteiger partial charge is 0.114 e. The molecule has 0 aromatic carbocycles. The molecule has 1 fully saturated rings. The summed E-state index contributed by atoms with van der Waals surface area (Å²) in [7, 11) is 0. The van der Waals surface area contributed by atoms with Gasteiger partial charge in [0.05, 0.1) is 13.2 Å². The van der Waals surface area contributed by atoms with Crippen LogP contribution in [0, 0.1) is 0 Å². The van der Waals surface area contributed by atoms with Crippen molar-refractivity contribution in [2.24, 2.45) is 0 Å². The van der Waals surface area contributed by atoms with Gasteiger partial charge in [0.25, 0.3) is 0 Å².